The van der Waals surface area contributed by atoms with E-state index in [4.69, 9.17) is 9.47 Å². The fourth-order valence-electron chi connectivity index (χ4n) is 2.30. The number of carbonyl (C=O) groups is 2. The van der Waals surface area contributed by atoms with Crippen LogP contribution in [0.15, 0.2) is 66.0 Å². The molecule has 0 unspecified atom stereocenters. The first-order valence-electron chi connectivity index (χ1n) is 8.07. The number of amides is 1. The highest BCUT2D eigenvalue weighted by Crippen LogP contribution is 2.28. The van der Waals surface area contributed by atoms with Gasteiger partial charge in [-0.1, -0.05) is 30.3 Å². The van der Waals surface area contributed by atoms with Crippen LogP contribution in [-0.2, 0) is 4.74 Å². The Labute approximate surface area is 155 Å². The summed E-state index contributed by atoms with van der Waals surface area (Å²) in [6, 6.07) is 17.8. The van der Waals surface area contributed by atoms with Gasteiger partial charge in [0.15, 0.2) is 0 Å². The lowest BCUT2D eigenvalue weighted by Gasteiger charge is -2.11. The molecule has 26 heavy (non-hydrogen) atoms. The van der Waals surface area contributed by atoms with Crippen LogP contribution < -0.4 is 10.1 Å². The average Bonchev–Trinajstić information content (AvgIpc) is 3.11. The quantitative estimate of drug-likeness (QED) is 0.625. The van der Waals surface area contributed by atoms with E-state index in [-0.39, 0.29) is 12.5 Å². The normalized spacial score (nSPS) is 10.2. The van der Waals surface area contributed by atoms with Gasteiger partial charge in [0.1, 0.15) is 16.5 Å². The Morgan fingerprint density at radius 3 is 2.46 bits per heavy atom. The van der Waals surface area contributed by atoms with Crippen molar-refractivity contribution in [2.45, 2.75) is 6.92 Å². The molecule has 1 heterocycles. The molecule has 0 bridgehead atoms. The van der Waals surface area contributed by atoms with Gasteiger partial charge >= 0.3 is 5.97 Å². The summed E-state index contributed by atoms with van der Waals surface area (Å²) >= 11 is 1.26. The van der Waals surface area contributed by atoms with E-state index in [1.54, 1.807) is 42.6 Å². The first kappa shape index (κ1) is 17.7. The van der Waals surface area contributed by atoms with E-state index in [0.717, 1.165) is 0 Å². The van der Waals surface area contributed by atoms with Crippen molar-refractivity contribution in [3.63, 3.8) is 0 Å². The van der Waals surface area contributed by atoms with E-state index >= 15 is 0 Å². The van der Waals surface area contributed by atoms with Crippen molar-refractivity contribution >= 4 is 28.2 Å². The molecule has 2 aromatic carbocycles. The maximum Gasteiger partial charge on any atom is 0.341 e. The molecule has 0 aliphatic carbocycles. The third kappa shape index (κ3) is 4.10. The minimum atomic E-state index is -0.460. The number of para-hydroxylation sites is 2. The summed E-state index contributed by atoms with van der Waals surface area (Å²) < 4.78 is 10.8. The lowest BCUT2D eigenvalue weighted by atomic mass is 10.2. The lowest BCUT2D eigenvalue weighted by Crippen LogP contribution is -2.15. The summed E-state index contributed by atoms with van der Waals surface area (Å²) in [6.45, 7) is 2.01. The summed E-state index contributed by atoms with van der Waals surface area (Å²) in [6.07, 6.45) is 0. The van der Waals surface area contributed by atoms with Gasteiger partial charge < -0.3 is 14.8 Å². The van der Waals surface area contributed by atoms with Crippen molar-refractivity contribution in [1.29, 1.82) is 0 Å². The molecule has 132 valence electrons. The second-order valence-corrected chi connectivity index (χ2v) is 6.17. The largest absolute Gasteiger partial charge is 0.462 e. The van der Waals surface area contributed by atoms with E-state index in [0.29, 0.717) is 27.6 Å². The number of nitrogens with one attached hydrogen (secondary N) is 1. The molecule has 1 N–H and O–H groups in total. The number of hydrogen-bond donors (Lipinski definition) is 1. The zero-order valence-electron chi connectivity index (χ0n) is 14.1. The number of carbonyl (C=O) groups excluding carboxylic acids is 2. The van der Waals surface area contributed by atoms with Crippen molar-refractivity contribution in [1.82, 2.24) is 0 Å². The van der Waals surface area contributed by atoms with Crippen molar-refractivity contribution in [3.8, 4) is 11.5 Å². The molecular formula is C20H17NO4S. The number of hydrogen-bond acceptors (Lipinski definition) is 5. The topological polar surface area (TPSA) is 64.6 Å². The molecule has 0 fully saturated rings. The van der Waals surface area contributed by atoms with E-state index in [2.05, 4.69) is 5.32 Å². The van der Waals surface area contributed by atoms with Crippen LogP contribution >= 0.6 is 11.3 Å². The van der Waals surface area contributed by atoms with Gasteiger partial charge in [0.25, 0.3) is 5.91 Å². The second kappa shape index (κ2) is 8.31. The summed E-state index contributed by atoms with van der Waals surface area (Å²) in [7, 11) is 0. The molecular weight excluding hydrogens is 350 g/mol. The average molecular weight is 367 g/mol. The zero-order chi connectivity index (χ0) is 18.4. The van der Waals surface area contributed by atoms with Gasteiger partial charge in [-0.2, -0.15) is 0 Å². The standard InChI is InChI=1S/C20H17NO4S/c1-2-24-20(23)16-12-13-26-19(16)21-18(22)15-10-6-7-11-17(15)25-14-8-4-3-5-9-14/h3-13H,2H2,1H3,(H,21,22). The number of ether oxygens (including phenoxy) is 2. The Morgan fingerprint density at radius 2 is 1.69 bits per heavy atom. The maximum absolute atomic E-state index is 12.7. The number of anilines is 1. The van der Waals surface area contributed by atoms with Gasteiger partial charge in [-0.3, -0.25) is 4.79 Å². The van der Waals surface area contributed by atoms with Gasteiger partial charge in [-0.25, -0.2) is 4.79 Å². The molecule has 0 aliphatic rings. The Balaban J connectivity index is 1.81. The smallest absolute Gasteiger partial charge is 0.341 e. The van der Waals surface area contributed by atoms with Crippen LogP contribution in [0.3, 0.4) is 0 Å². The van der Waals surface area contributed by atoms with Gasteiger partial charge in [-0.15, -0.1) is 11.3 Å². The van der Waals surface area contributed by atoms with Crippen LogP contribution in [0.25, 0.3) is 0 Å². The number of rotatable bonds is 6. The third-order valence-corrected chi connectivity index (χ3v) is 4.32. The van der Waals surface area contributed by atoms with Gasteiger partial charge in [0, 0.05) is 0 Å². The van der Waals surface area contributed by atoms with E-state index in [9.17, 15) is 9.59 Å². The Morgan fingerprint density at radius 1 is 0.962 bits per heavy atom. The molecule has 1 aromatic heterocycles. The van der Waals surface area contributed by atoms with Crippen LogP contribution in [0.4, 0.5) is 5.00 Å². The molecule has 0 atom stereocenters. The molecule has 6 heteroatoms. The van der Waals surface area contributed by atoms with Gasteiger partial charge in [0.2, 0.25) is 0 Å². The Hall–Kier alpha value is -3.12. The molecule has 0 saturated carbocycles. The Kier molecular flexibility index (Phi) is 5.66. The third-order valence-electron chi connectivity index (χ3n) is 3.49. The molecule has 0 radical (unpaired) electrons. The van der Waals surface area contributed by atoms with Crippen LogP contribution in [0.1, 0.15) is 27.6 Å². The van der Waals surface area contributed by atoms with Crippen LogP contribution in [0, 0.1) is 0 Å². The van der Waals surface area contributed by atoms with E-state index in [1.807, 2.05) is 30.3 Å². The number of esters is 1. The summed E-state index contributed by atoms with van der Waals surface area (Å²) in [5.41, 5.74) is 0.714. The fraction of sp³-hybridized carbons (Fsp3) is 0.100. The molecule has 0 saturated heterocycles. The SMILES string of the molecule is CCOC(=O)c1ccsc1NC(=O)c1ccccc1Oc1ccccc1. The predicted octanol–water partition coefficient (Wildman–Crippen LogP) is 4.97. The van der Waals surface area contributed by atoms with Crippen molar-refractivity contribution < 1.29 is 19.1 Å². The minimum Gasteiger partial charge on any atom is -0.462 e. The molecule has 3 aromatic rings. The van der Waals surface area contributed by atoms with Crippen LogP contribution in [-0.4, -0.2) is 18.5 Å². The first-order chi connectivity index (χ1) is 12.7. The lowest BCUT2D eigenvalue weighted by molar-refractivity contribution is 0.0528. The molecule has 0 spiro atoms. The highest BCUT2D eigenvalue weighted by atomic mass is 32.1. The molecule has 5 nitrogen and oxygen atoms in total. The van der Waals surface area contributed by atoms with Crippen LogP contribution in [0.5, 0.6) is 11.5 Å². The van der Waals surface area contributed by atoms with E-state index < -0.39 is 5.97 Å². The van der Waals surface area contributed by atoms with Gasteiger partial charge in [-0.05, 0) is 42.6 Å². The highest BCUT2D eigenvalue weighted by Gasteiger charge is 2.19. The number of thiophene rings is 1. The summed E-state index contributed by atoms with van der Waals surface area (Å²) in [5.74, 6) is 0.254. The predicted molar refractivity (Wildman–Crippen MR) is 101 cm³/mol. The van der Waals surface area contributed by atoms with E-state index in [1.165, 1.54) is 11.3 Å². The first-order valence-corrected chi connectivity index (χ1v) is 8.95. The van der Waals surface area contributed by atoms with Crippen molar-refractivity contribution in [2.24, 2.45) is 0 Å². The fourth-order valence-corrected chi connectivity index (χ4v) is 3.08. The highest BCUT2D eigenvalue weighted by molar-refractivity contribution is 7.14. The molecule has 3 rings (SSSR count). The molecule has 1 amide bonds. The second-order valence-electron chi connectivity index (χ2n) is 5.25. The maximum atomic E-state index is 12.7. The number of benzene rings is 2. The zero-order valence-corrected chi connectivity index (χ0v) is 14.9. The summed E-state index contributed by atoms with van der Waals surface area (Å²) in [5, 5.41) is 4.95. The van der Waals surface area contributed by atoms with Crippen LogP contribution in [0.2, 0.25) is 0 Å². The van der Waals surface area contributed by atoms with Crippen molar-refractivity contribution in [3.05, 3.63) is 77.2 Å². The Bertz CT molecular complexity index is 905. The van der Waals surface area contributed by atoms with Crippen molar-refractivity contribution in [2.75, 3.05) is 11.9 Å². The summed E-state index contributed by atoms with van der Waals surface area (Å²) in [4.78, 5) is 24.7. The minimum absolute atomic E-state index is 0.274. The molecule has 0 aliphatic heterocycles. The monoisotopic (exact) mass is 367 g/mol. The van der Waals surface area contributed by atoms with Gasteiger partial charge in [0.05, 0.1) is 17.7 Å².